The Kier molecular flexibility index (Phi) is 6.47. The van der Waals surface area contributed by atoms with E-state index in [1.165, 1.54) is 12.1 Å². The maximum atomic E-state index is 13.7. The van der Waals surface area contributed by atoms with E-state index in [0.717, 1.165) is 25.0 Å². The number of rotatable bonds is 7. The van der Waals surface area contributed by atoms with Crippen molar-refractivity contribution in [2.75, 3.05) is 19.8 Å². The van der Waals surface area contributed by atoms with Gasteiger partial charge in [0.2, 0.25) is 0 Å². The van der Waals surface area contributed by atoms with Gasteiger partial charge in [-0.1, -0.05) is 35.9 Å². The first-order valence-corrected chi connectivity index (χ1v) is 9.01. The van der Waals surface area contributed by atoms with Crippen LogP contribution in [0.3, 0.4) is 0 Å². The summed E-state index contributed by atoms with van der Waals surface area (Å²) in [5, 5.41) is 0.647. The molecule has 0 N–H and O–H groups in total. The molecular formula is C20H21ClFNO3. The number of halogens is 2. The molecule has 4 nitrogen and oxygen atoms in total. The average Bonchev–Trinajstić information content (AvgIpc) is 3.15. The molecule has 0 spiro atoms. The SMILES string of the molecule is O=C(COc1ccccc1F)N(Cc1ccc(Cl)cc1)CC1CCCO1. The van der Waals surface area contributed by atoms with E-state index in [1.807, 2.05) is 12.1 Å². The van der Waals surface area contributed by atoms with Gasteiger partial charge in [-0.05, 0) is 42.7 Å². The van der Waals surface area contributed by atoms with Crippen LogP contribution in [0, 0.1) is 5.82 Å². The molecule has 1 heterocycles. The van der Waals surface area contributed by atoms with E-state index in [-0.39, 0.29) is 24.4 Å². The molecule has 6 heteroatoms. The molecule has 1 aliphatic rings. The summed E-state index contributed by atoms with van der Waals surface area (Å²) in [6.45, 7) is 1.42. The fraction of sp³-hybridized carbons (Fsp3) is 0.350. The van der Waals surface area contributed by atoms with Gasteiger partial charge < -0.3 is 14.4 Å². The van der Waals surface area contributed by atoms with Gasteiger partial charge in [-0.25, -0.2) is 4.39 Å². The number of carbonyl (C=O) groups excluding carboxylic acids is 1. The largest absolute Gasteiger partial charge is 0.481 e. The van der Waals surface area contributed by atoms with E-state index in [9.17, 15) is 9.18 Å². The number of ether oxygens (including phenoxy) is 2. The predicted molar refractivity (Wildman–Crippen MR) is 97.7 cm³/mol. The van der Waals surface area contributed by atoms with Gasteiger partial charge in [0.25, 0.3) is 5.91 Å². The number of nitrogens with zero attached hydrogens (tertiary/aromatic N) is 1. The van der Waals surface area contributed by atoms with Gasteiger partial charge in [0.05, 0.1) is 6.10 Å². The minimum absolute atomic E-state index is 0.0275. The fourth-order valence-electron chi connectivity index (χ4n) is 2.89. The second-order valence-electron chi connectivity index (χ2n) is 6.25. The highest BCUT2D eigenvalue weighted by atomic mass is 35.5. The number of carbonyl (C=O) groups is 1. The minimum Gasteiger partial charge on any atom is -0.481 e. The third-order valence-corrected chi connectivity index (χ3v) is 4.53. The molecule has 1 fully saturated rings. The number of para-hydroxylation sites is 1. The van der Waals surface area contributed by atoms with E-state index in [0.29, 0.717) is 18.1 Å². The minimum atomic E-state index is -0.483. The van der Waals surface area contributed by atoms with E-state index in [4.69, 9.17) is 21.1 Å². The lowest BCUT2D eigenvalue weighted by Gasteiger charge is -2.25. The second kappa shape index (κ2) is 9.01. The highest BCUT2D eigenvalue weighted by molar-refractivity contribution is 6.30. The molecule has 3 rings (SSSR count). The quantitative estimate of drug-likeness (QED) is 0.730. The predicted octanol–water partition coefficient (Wildman–Crippen LogP) is 4.07. The molecule has 0 radical (unpaired) electrons. The van der Waals surface area contributed by atoms with Crippen LogP contribution in [0.5, 0.6) is 5.75 Å². The molecule has 1 aliphatic heterocycles. The van der Waals surface area contributed by atoms with Crippen LogP contribution < -0.4 is 4.74 Å². The zero-order valence-corrected chi connectivity index (χ0v) is 15.1. The Morgan fingerprint density at radius 1 is 1.23 bits per heavy atom. The van der Waals surface area contributed by atoms with Crippen LogP contribution in [-0.4, -0.2) is 36.7 Å². The molecule has 2 aromatic rings. The standard InChI is InChI=1S/C20H21ClFNO3/c21-16-9-7-15(8-10-16)12-23(13-17-4-3-11-25-17)20(24)14-26-19-6-2-1-5-18(19)22/h1-2,5-10,17H,3-4,11-14H2. The van der Waals surface area contributed by atoms with Gasteiger partial charge in [0.1, 0.15) is 0 Å². The van der Waals surface area contributed by atoms with Gasteiger partial charge in [-0.3, -0.25) is 4.79 Å². The molecule has 0 bridgehead atoms. The lowest BCUT2D eigenvalue weighted by molar-refractivity contribution is -0.135. The second-order valence-corrected chi connectivity index (χ2v) is 6.69. The lowest BCUT2D eigenvalue weighted by Crippen LogP contribution is -2.39. The van der Waals surface area contributed by atoms with Crippen LogP contribution in [0.15, 0.2) is 48.5 Å². The lowest BCUT2D eigenvalue weighted by atomic mass is 10.2. The maximum absolute atomic E-state index is 13.7. The Hall–Kier alpha value is -2.11. The van der Waals surface area contributed by atoms with Crippen molar-refractivity contribution >= 4 is 17.5 Å². The molecular weight excluding hydrogens is 357 g/mol. The molecule has 0 aromatic heterocycles. The molecule has 1 amide bonds. The Bertz CT molecular complexity index is 732. The summed E-state index contributed by atoms with van der Waals surface area (Å²) in [6.07, 6.45) is 1.96. The normalized spacial score (nSPS) is 16.5. The fourth-order valence-corrected chi connectivity index (χ4v) is 3.02. The molecule has 1 unspecified atom stereocenters. The van der Waals surface area contributed by atoms with Crippen molar-refractivity contribution in [3.05, 3.63) is 64.9 Å². The van der Waals surface area contributed by atoms with Crippen LogP contribution in [0.25, 0.3) is 0 Å². The van der Waals surface area contributed by atoms with Crippen molar-refractivity contribution in [2.24, 2.45) is 0 Å². The monoisotopic (exact) mass is 377 g/mol. The zero-order valence-electron chi connectivity index (χ0n) is 14.4. The zero-order chi connectivity index (χ0) is 18.4. The van der Waals surface area contributed by atoms with Gasteiger partial charge in [-0.15, -0.1) is 0 Å². The number of hydrogen-bond donors (Lipinski definition) is 0. The van der Waals surface area contributed by atoms with Crippen molar-refractivity contribution in [2.45, 2.75) is 25.5 Å². The van der Waals surface area contributed by atoms with Crippen LogP contribution in [-0.2, 0) is 16.1 Å². The first-order chi connectivity index (χ1) is 12.6. The Balaban J connectivity index is 1.65. The van der Waals surface area contributed by atoms with Gasteiger partial charge in [0, 0.05) is 24.7 Å². The van der Waals surface area contributed by atoms with Crippen molar-refractivity contribution in [3.8, 4) is 5.75 Å². The number of benzene rings is 2. The topological polar surface area (TPSA) is 38.8 Å². The summed E-state index contributed by atoms with van der Waals surface area (Å²) in [7, 11) is 0. The molecule has 0 aliphatic carbocycles. The molecule has 138 valence electrons. The third kappa shape index (κ3) is 5.19. The van der Waals surface area contributed by atoms with Crippen molar-refractivity contribution in [1.82, 2.24) is 4.90 Å². The van der Waals surface area contributed by atoms with E-state index in [2.05, 4.69) is 0 Å². The summed E-state index contributed by atoms with van der Waals surface area (Å²) in [5.41, 5.74) is 0.964. The Labute approximate surface area is 157 Å². The van der Waals surface area contributed by atoms with Gasteiger partial charge >= 0.3 is 0 Å². The van der Waals surface area contributed by atoms with E-state index < -0.39 is 5.82 Å². The number of hydrogen-bond acceptors (Lipinski definition) is 3. The van der Waals surface area contributed by atoms with E-state index >= 15 is 0 Å². The highest BCUT2D eigenvalue weighted by Crippen LogP contribution is 2.18. The summed E-state index contributed by atoms with van der Waals surface area (Å²) in [5.74, 6) is -0.619. The van der Waals surface area contributed by atoms with Crippen molar-refractivity contribution in [3.63, 3.8) is 0 Å². The van der Waals surface area contributed by atoms with Crippen molar-refractivity contribution in [1.29, 1.82) is 0 Å². The summed E-state index contributed by atoms with van der Waals surface area (Å²) in [6, 6.07) is 13.4. The number of amides is 1. The summed E-state index contributed by atoms with van der Waals surface area (Å²) in [4.78, 5) is 14.4. The molecule has 1 atom stereocenters. The van der Waals surface area contributed by atoms with Crippen LogP contribution in [0.4, 0.5) is 4.39 Å². The Morgan fingerprint density at radius 2 is 2.00 bits per heavy atom. The maximum Gasteiger partial charge on any atom is 0.260 e. The van der Waals surface area contributed by atoms with Crippen LogP contribution in [0.2, 0.25) is 5.02 Å². The first-order valence-electron chi connectivity index (χ1n) is 8.63. The van der Waals surface area contributed by atoms with E-state index in [1.54, 1.807) is 29.2 Å². The molecule has 0 saturated carbocycles. The first kappa shape index (κ1) is 18.7. The summed E-state index contributed by atoms with van der Waals surface area (Å²) < 4.78 is 24.7. The average molecular weight is 378 g/mol. The van der Waals surface area contributed by atoms with Crippen LogP contribution in [0.1, 0.15) is 18.4 Å². The van der Waals surface area contributed by atoms with Crippen LogP contribution >= 0.6 is 11.6 Å². The summed E-state index contributed by atoms with van der Waals surface area (Å²) >= 11 is 5.92. The third-order valence-electron chi connectivity index (χ3n) is 4.28. The Morgan fingerprint density at radius 3 is 2.69 bits per heavy atom. The van der Waals surface area contributed by atoms with Gasteiger partial charge in [-0.2, -0.15) is 0 Å². The highest BCUT2D eigenvalue weighted by Gasteiger charge is 2.23. The smallest absolute Gasteiger partial charge is 0.260 e. The van der Waals surface area contributed by atoms with Gasteiger partial charge in [0.15, 0.2) is 18.2 Å². The van der Waals surface area contributed by atoms with Crippen molar-refractivity contribution < 1.29 is 18.7 Å². The molecule has 2 aromatic carbocycles. The molecule has 26 heavy (non-hydrogen) atoms. The molecule has 1 saturated heterocycles.